The molecule has 0 amide bonds. The van der Waals surface area contributed by atoms with Crippen LogP contribution in [0.3, 0.4) is 0 Å². The van der Waals surface area contributed by atoms with Crippen molar-refractivity contribution in [2.75, 3.05) is 28.2 Å². The van der Waals surface area contributed by atoms with Crippen LogP contribution in [0.2, 0.25) is 0 Å². The third-order valence-corrected chi connectivity index (χ3v) is 2.21. The Bertz CT molecular complexity index is 626. The Kier molecular flexibility index (Phi) is 5.22. The summed E-state index contributed by atoms with van der Waals surface area (Å²) in [7, 11) is 1.89. The van der Waals surface area contributed by atoms with Crippen LogP contribution in [-0.4, -0.2) is 70.9 Å². The van der Waals surface area contributed by atoms with Gasteiger partial charge >= 0.3 is 13.2 Å². The largest absolute Gasteiger partial charge is 0.673 e. The molecule has 2 heterocycles. The Morgan fingerprint density at radius 2 is 1.81 bits per heavy atom. The van der Waals surface area contributed by atoms with Crippen molar-refractivity contribution in [2.24, 2.45) is 0 Å². The smallest absolute Gasteiger partial charge is 0.418 e. The first-order valence-electron chi connectivity index (χ1n) is 5.87. The van der Waals surface area contributed by atoms with Gasteiger partial charge in [0.05, 0.1) is 28.2 Å². The summed E-state index contributed by atoms with van der Waals surface area (Å²) in [5.41, 5.74) is 1.56. The number of fused-ring (bicyclic) bond motifs is 1. The average Bonchev–Trinajstić information content (AvgIpc) is 2.70. The molecular formula is C10H15BF4N6. The monoisotopic (exact) mass is 306 g/mol. The van der Waals surface area contributed by atoms with Gasteiger partial charge in [-0.05, 0) is 12.1 Å². The lowest BCUT2D eigenvalue weighted by molar-refractivity contribution is -0.472. The summed E-state index contributed by atoms with van der Waals surface area (Å²) >= 11 is 0. The topological polar surface area (TPSA) is 49.9 Å². The molecule has 0 atom stereocenters. The van der Waals surface area contributed by atoms with Crippen LogP contribution in [-0.2, 0) is 0 Å². The van der Waals surface area contributed by atoms with Crippen molar-refractivity contribution in [1.29, 1.82) is 0 Å². The minimum absolute atomic E-state index is 0.656. The highest BCUT2D eigenvalue weighted by molar-refractivity contribution is 6.50. The molecule has 0 aliphatic rings. The lowest BCUT2D eigenvalue weighted by atomic mass is 10.3. The first-order chi connectivity index (χ1) is 9.61. The second-order valence-corrected chi connectivity index (χ2v) is 4.43. The average molecular weight is 306 g/mol. The van der Waals surface area contributed by atoms with E-state index in [9.17, 15) is 17.3 Å². The zero-order valence-electron chi connectivity index (χ0n) is 12.0. The van der Waals surface area contributed by atoms with Gasteiger partial charge in [-0.15, -0.1) is 0 Å². The maximum atomic E-state index is 9.75. The summed E-state index contributed by atoms with van der Waals surface area (Å²) in [4.78, 5) is 6.15. The molecule has 0 aromatic carbocycles. The molecule has 0 saturated heterocycles. The van der Waals surface area contributed by atoms with E-state index in [1.165, 1.54) is 0 Å². The molecule has 2 rings (SSSR count). The lowest BCUT2D eigenvalue weighted by Gasteiger charge is -2.10. The zero-order chi connectivity index (χ0) is 16.2. The molecule has 0 unspecified atom stereocenters. The predicted molar refractivity (Wildman–Crippen MR) is 71.7 cm³/mol. The number of aromatic nitrogens is 4. The maximum Gasteiger partial charge on any atom is 0.673 e. The van der Waals surface area contributed by atoms with Gasteiger partial charge in [0.1, 0.15) is 0 Å². The van der Waals surface area contributed by atoms with Crippen LogP contribution < -0.4 is 0 Å². The summed E-state index contributed by atoms with van der Waals surface area (Å²) < 4.78 is 42.8. The zero-order valence-corrected chi connectivity index (χ0v) is 12.0. The Balaban J connectivity index is 0.000000383. The molecule has 2 aromatic heterocycles. The highest BCUT2D eigenvalue weighted by atomic mass is 19.5. The molecule has 0 radical (unpaired) electrons. The molecule has 0 fully saturated rings. The minimum Gasteiger partial charge on any atom is -0.418 e. The van der Waals surface area contributed by atoms with Crippen molar-refractivity contribution in [2.45, 2.75) is 0 Å². The van der Waals surface area contributed by atoms with Gasteiger partial charge in [0.15, 0.2) is 5.52 Å². The molecule has 0 saturated carbocycles. The van der Waals surface area contributed by atoms with E-state index >= 15 is 0 Å². The van der Waals surface area contributed by atoms with Gasteiger partial charge < -0.3 is 17.3 Å². The van der Waals surface area contributed by atoms with Crippen molar-refractivity contribution >= 4 is 24.4 Å². The van der Waals surface area contributed by atoms with E-state index in [0.717, 1.165) is 11.5 Å². The lowest BCUT2D eigenvalue weighted by Crippen LogP contribution is -2.36. The second-order valence-electron chi connectivity index (χ2n) is 4.43. The molecule has 2 aromatic rings. The van der Waals surface area contributed by atoms with Crippen molar-refractivity contribution in [3.05, 3.63) is 18.3 Å². The SMILES string of the molecule is CN(C)C(n1nnc2ncccc21)=[N+](C)C.F[B-](F)(F)F. The van der Waals surface area contributed by atoms with Gasteiger partial charge in [0.2, 0.25) is 5.65 Å². The summed E-state index contributed by atoms with van der Waals surface area (Å²) in [6, 6.07) is 3.83. The Hall–Kier alpha value is -2.20. The molecule has 116 valence electrons. The van der Waals surface area contributed by atoms with Crippen LogP contribution >= 0.6 is 0 Å². The first kappa shape index (κ1) is 16.9. The van der Waals surface area contributed by atoms with Crippen molar-refractivity contribution < 1.29 is 21.8 Å². The number of halogens is 4. The normalized spacial score (nSPS) is 10.9. The van der Waals surface area contributed by atoms with E-state index in [-0.39, 0.29) is 0 Å². The van der Waals surface area contributed by atoms with E-state index in [4.69, 9.17) is 0 Å². The Morgan fingerprint density at radius 1 is 1.24 bits per heavy atom. The fourth-order valence-corrected chi connectivity index (χ4v) is 1.69. The van der Waals surface area contributed by atoms with Crippen molar-refractivity contribution in [3.63, 3.8) is 0 Å². The third kappa shape index (κ3) is 5.01. The van der Waals surface area contributed by atoms with Gasteiger partial charge in [-0.1, -0.05) is 9.78 Å². The van der Waals surface area contributed by atoms with Crippen LogP contribution in [0.15, 0.2) is 18.3 Å². The van der Waals surface area contributed by atoms with Gasteiger partial charge in [0, 0.05) is 11.4 Å². The van der Waals surface area contributed by atoms with Gasteiger partial charge in [0.25, 0.3) is 0 Å². The molecule has 21 heavy (non-hydrogen) atoms. The number of nitrogens with zero attached hydrogens (tertiary/aromatic N) is 6. The molecular weight excluding hydrogens is 291 g/mol. The minimum atomic E-state index is -6.00. The van der Waals surface area contributed by atoms with Crippen LogP contribution in [0.4, 0.5) is 17.3 Å². The summed E-state index contributed by atoms with van der Waals surface area (Å²) in [5.74, 6) is 0.940. The first-order valence-corrected chi connectivity index (χ1v) is 5.87. The fraction of sp³-hybridized carbons (Fsp3) is 0.400. The van der Waals surface area contributed by atoms with Gasteiger partial charge in [-0.25, -0.2) is 4.98 Å². The molecule has 0 aliphatic heterocycles. The van der Waals surface area contributed by atoms with Gasteiger partial charge in [-0.3, -0.25) is 9.48 Å². The van der Waals surface area contributed by atoms with Crippen LogP contribution in [0.1, 0.15) is 0 Å². The number of hydrogen-bond acceptors (Lipinski definition) is 3. The standard InChI is InChI=1S/C10H15N6.BF4/c1-14(2)10(15(3)4)16-8-6-5-7-11-9(8)12-13-16;2-1(3,4)5/h5-7H,1-4H3;/q+1;-1. The van der Waals surface area contributed by atoms with E-state index in [0.29, 0.717) is 5.65 Å². The highest BCUT2D eigenvalue weighted by Crippen LogP contribution is 2.07. The molecule has 0 N–H and O–H groups in total. The van der Waals surface area contributed by atoms with E-state index in [2.05, 4.69) is 15.3 Å². The van der Waals surface area contributed by atoms with Gasteiger partial charge in [-0.2, -0.15) is 0 Å². The molecule has 0 bridgehead atoms. The molecule has 6 nitrogen and oxygen atoms in total. The second kappa shape index (κ2) is 6.50. The molecule has 11 heteroatoms. The Morgan fingerprint density at radius 3 is 2.29 bits per heavy atom. The van der Waals surface area contributed by atoms with E-state index < -0.39 is 7.25 Å². The van der Waals surface area contributed by atoms with Crippen LogP contribution in [0.25, 0.3) is 11.2 Å². The summed E-state index contributed by atoms with van der Waals surface area (Å²) in [6.07, 6.45) is 1.71. The number of pyridine rings is 1. The number of rotatable bonds is 0. The fourth-order valence-electron chi connectivity index (χ4n) is 1.69. The molecule has 0 aliphatic carbocycles. The quantitative estimate of drug-likeness (QED) is 0.241. The van der Waals surface area contributed by atoms with Crippen molar-refractivity contribution in [1.82, 2.24) is 24.9 Å². The van der Waals surface area contributed by atoms with Crippen LogP contribution in [0, 0.1) is 0 Å². The van der Waals surface area contributed by atoms with Crippen LogP contribution in [0.5, 0.6) is 0 Å². The predicted octanol–water partition coefficient (Wildman–Crippen LogP) is 1.16. The maximum absolute atomic E-state index is 9.75. The number of hydrogen-bond donors (Lipinski definition) is 0. The van der Waals surface area contributed by atoms with Crippen molar-refractivity contribution in [3.8, 4) is 0 Å². The van der Waals surface area contributed by atoms with E-state index in [1.807, 2.05) is 49.8 Å². The summed E-state index contributed by atoms with van der Waals surface area (Å²) in [6.45, 7) is 0. The third-order valence-electron chi connectivity index (χ3n) is 2.21. The summed E-state index contributed by atoms with van der Waals surface area (Å²) in [5, 5.41) is 8.15. The van der Waals surface area contributed by atoms with E-state index in [1.54, 1.807) is 10.9 Å². The highest BCUT2D eigenvalue weighted by Gasteiger charge is 2.21. The Labute approximate surface area is 118 Å². The molecule has 0 spiro atoms.